The fraction of sp³-hybridized carbons (Fsp3) is 0.562. The fourth-order valence-corrected chi connectivity index (χ4v) is 3.97. The summed E-state index contributed by atoms with van der Waals surface area (Å²) in [6, 6.07) is 6.14. The average molecular weight is 327 g/mol. The molecule has 3 aliphatic rings. The van der Waals surface area contributed by atoms with Crippen LogP contribution in [0.3, 0.4) is 0 Å². The highest BCUT2D eigenvalue weighted by atomic mass is 35.5. The Morgan fingerprint density at radius 3 is 2.76 bits per heavy atom. The zero-order chi connectivity index (χ0) is 15.0. The van der Waals surface area contributed by atoms with E-state index in [4.69, 9.17) is 23.2 Å². The molecule has 3 nitrogen and oxygen atoms in total. The Kier molecular flexibility index (Phi) is 4.43. The second kappa shape index (κ2) is 6.15. The van der Waals surface area contributed by atoms with Crippen molar-refractivity contribution in [2.45, 2.75) is 32.4 Å². The largest absolute Gasteiger partial charge is 0.341 e. The molecule has 2 bridgehead atoms. The Hall–Kier alpha value is -0.770. The highest BCUT2D eigenvalue weighted by molar-refractivity contribution is 6.35. The molecule has 1 aromatic carbocycles. The van der Waals surface area contributed by atoms with Crippen LogP contribution in [0.1, 0.15) is 25.3 Å². The molecule has 4 rings (SSSR count). The van der Waals surface area contributed by atoms with Gasteiger partial charge < -0.3 is 4.90 Å². The predicted octanol–water partition coefficient (Wildman–Crippen LogP) is 3.44. The third-order valence-electron chi connectivity index (χ3n) is 4.66. The number of carbonyl (C=O) groups is 1. The number of nitrogens with zero attached hydrogens (tertiary/aromatic N) is 2. The first-order chi connectivity index (χ1) is 10.0. The van der Waals surface area contributed by atoms with Crippen molar-refractivity contribution in [2.24, 2.45) is 5.92 Å². The molecule has 0 saturated carbocycles. The van der Waals surface area contributed by atoms with Crippen LogP contribution >= 0.6 is 23.2 Å². The molecule has 0 radical (unpaired) electrons. The van der Waals surface area contributed by atoms with Gasteiger partial charge in [-0.1, -0.05) is 29.3 Å². The minimum absolute atomic E-state index is 0.193. The van der Waals surface area contributed by atoms with Gasteiger partial charge in [0.1, 0.15) is 0 Å². The van der Waals surface area contributed by atoms with E-state index in [1.165, 1.54) is 12.8 Å². The van der Waals surface area contributed by atoms with E-state index in [2.05, 4.69) is 4.90 Å². The summed E-state index contributed by atoms with van der Waals surface area (Å²) in [7, 11) is 0. The Morgan fingerprint density at radius 2 is 2.05 bits per heavy atom. The Morgan fingerprint density at radius 1 is 1.24 bits per heavy atom. The van der Waals surface area contributed by atoms with E-state index in [-0.39, 0.29) is 5.91 Å². The van der Waals surface area contributed by atoms with E-state index in [9.17, 15) is 4.79 Å². The number of halogens is 2. The highest BCUT2D eigenvalue weighted by Crippen LogP contribution is 2.31. The summed E-state index contributed by atoms with van der Waals surface area (Å²) in [5.41, 5.74) is 1.11. The first-order valence-electron chi connectivity index (χ1n) is 7.46. The smallest absolute Gasteiger partial charge is 0.219 e. The van der Waals surface area contributed by atoms with E-state index in [1.807, 2.05) is 17.0 Å². The zero-order valence-corrected chi connectivity index (χ0v) is 13.7. The van der Waals surface area contributed by atoms with Crippen molar-refractivity contribution in [3.63, 3.8) is 0 Å². The molecule has 3 heterocycles. The predicted molar refractivity (Wildman–Crippen MR) is 85.6 cm³/mol. The maximum absolute atomic E-state index is 11.7. The lowest BCUT2D eigenvalue weighted by Gasteiger charge is -2.36. The Balaban J connectivity index is 1.76. The lowest BCUT2D eigenvalue weighted by atomic mass is 9.94. The molecular formula is C16H20Cl2N2O. The Labute approximate surface area is 135 Å². The lowest BCUT2D eigenvalue weighted by molar-refractivity contribution is -0.129. The van der Waals surface area contributed by atoms with Crippen LogP contribution in [0.4, 0.5) is 0 Å². The summed E-state index contributed by atoms with van der Waals surface area (Å²) in [6.07, 6.45) is 2.39. The van der Waals surface area contributed by atoms with Crippen molar-refractivity contribution in [2.75, 3.05) is 19.6 Å². The lowest BCUT2D eigenvalue weighted by Crippen LogP contribution is -2.43. The van der Waals surface area contributed by atoms with E-state index >= 15 is 0 Å². The van der Waals surface area contributed by atoms with Crippen molar-refractivity contribution in [3.05, 3.63) is 33.8 Å². The summed E-state index contributed by atoms with van der Waals surface area (Å²) < 4.78 is 0. The quantitative estimate of drug-likeness (QED) is 0.831. The van der Waals surface area contributed by atoms with Gasteiger partial charge >= 0.3 is 0 Å². The average Bonchev–Trinajstić information content (AvgIpc) is 2.73. The van der Waals surface area contributed by atoms with E-state index in [0.29, 0.717) is 17.0 Å². The van der Waals surface area contributed by atoms with Crippen LogP contribution < -0.4 is 0 Å². The first kappa shape index (κ1) is 15.1. The molecule has 0 unspecified atom stereocenters. The first-order valence-corrected chi connectivity index (χ1v) is 8.22. The molecule has 114 valence electrons. The number of benzene rings is 1. The highest BCUT2D eigenvalue weighted by Gasteiger charge is 2.35. The van der Waals surface area contributed by atoms with Gasteiger partial charge in [-0.05, 0) is 36.5 Å². The zero-order valence-electron chi connectivity index (χ0n) is 12.2. The number of amides is 1. The summed E-state index contributed by atoms with van der Waals surface area (Å²) in [6.45, 7) is 5.30. The number of rotatable bonds is 2. The van der Waals surface area contributed by atoms with Crippen LogP contribution in [-0.2, 0) is 11.3 Å². The van der Waals surface area contributed by atoms with Crippen molar-refractivity contribution in [1.82, 2.24) is 9.80 Å². The molecule has 3 fully saturated rings. The molecule has 2 atom stereocenters. The van der Waals surface area contributed by atoms with E-state index < -0.39 is 0 Å². The SMILES string of the molecule is CC(=O)N1C[C@H]2CC[C@@H](C1)N(Cc1ccc(Cl)cc1Cl)C2. The van der Waals surface area contributed by atoms with Crippen LogP contribution in [0.2, 0.25) is 10.0 Å². The second-order valence-corrected chi connectivity index (χ2v) is 7.03. The van der Waals surface area contributed by atoms with Gasteiger partial charge in [0.2, 0.25) is 5.91 Å². The van der Waals surface area contributed by atoms with E-state index in [1.54, 1.807) is 13.0 Å². The minimum atomic E-state index is 0.193. The molecule has 5 heteroatoms. The minimum Gasteiger partial charge on any atom is -0.341 e. The van der Waals surface area contributed by atoms with Gasteiger partial charge in [0.05, 0.1) is 0 Å². The van der Waals surface area contributed by atoms with Gasteiger partial charge in [0.15, 0.2) is 0 Å². The molecule has 0 spiro atoms. The van der Waals surface area contributed by atoms with Crippen LogP contribution in [-0.4, -0.2) is 41.4 Å². The van der Waals surface area contributed by atoms with Crippen LogP contribution in [0.25, 0.3) is 0 Å². The molecule has 3 saturated heterocycles. The molecule has 1 amide bonds. The topological polar surface area (TPSA) is 23.6 Å². The summed E-state index contributed by atoms with van der Waals surface area (Å²) in [5, 5.41) is 1.40. The van der Waals surface area contributed by atoms with E-state index in [0.717, 1.165) is 36.8 Å². The molecular weight excluding hydrogens is 307 g/mol. The van der Waals surface area contributed by atoms with Crippen molar-refractivity contribution in [3.8, 4) is 0 Å². The molecule has 21 heavy (non-hydrogen) atoms. The molecule has 0 N–H and O–H groups in total. The van der Waals surface area contributed by atoms with Gasteiger partial charge in [0, 0.05) is 49.2 Å². The number of fused-ring (bicyclic) bond motifs is 4. The molecule has 0 aliphatic carbocycles. The summed E-state index contributed by atoms with van der Waals surface area (Å²) >= 11 is 12.3. The Bertz CT molecular complexity index is 549. The summed E-state index contributed by atoms with van der Waals surface area (Å²) in [5.74, 6) is 0.775. The van der Waals surface area contributed by atoms with Crippen molar-refractivity contribution >= 4 is 29.1 Å². The number of hydrogen-bond acceptors (Lipinski definition) is 2. The number of piperidine rings is 1. The monoisotopic (exact) mass is 326 g/mol. The second-order valence-electron chi connectivity index (χ2n) is 6.19. The van der Waals surface area contributed by atoms with Gasteiger partial charge in [0.25, 0.3) is 0 Å². The van der Waals surface area contributed by atoms with Gasteiger partial charge in [-0.25, -0.2) is 0 Å². The summed E-state index contributed by atoms with van der Waals surface area (Å²) in [4.78, 5) is 16.2. The number of carbonyl (C=O) groups excluding carboxylic acids is 1. The molecule has 0 aromatic heterocycles. The molecule has 1 aromatic rings. The standard InChI is InChI=1S/C16H20Cl2N2O/c1-11(21)19-7-12-2-5-15(10-19)20(8-12)9-13-3-4-14(17)6-16(13)18/h3-4,6,12,15H,2,5,7-10H2,1H3/t12-,15+/m1/s1. The fourth-order valence-electron chi connectivity index (χ4n) is 3.50. The van der Waals surface area contributed by atoms with Crippen molar-refractivity contribution in [1.29, 1.82) is 0 Å². The van der Waals surface area contributed by atoms with Crippen LogP contribution in [0, 0.1) is 5.92 Å². The third-order valence-corrected chi connectivity index (χ3v) is 5.25. The van der Waals surface area contributed by atoms with Gasteiger partial charge in [-0.2, -0.15) is 0 Å². The van der Waals surface area contributed by atoms with Crippen LogP contribution in [0.15, 0.2) is 18.2 Å². The van der Waals surface area contributed by atoms with Gasteiger partial charge in [-0.3, -0.25) is 9.69 Å². The van der Waals surface area contributed by atoms with Gasteiger partial charge in [-0.15, -0.1) is 0 Å². The normalized spacial score (nSPS) is 26.0. The molecule has 3 aliphatic heterocycles. The third kappa shape index (κ3) is 3.36. The number of hydrogen-bond donors (Lipinski definition) is 0. The van der Waals surface area contributed by atoms with Crippen molar-refractivity contribution < 1.29 is 4.79 Å². The van der Waals surface area contributed by atoms with Crippen LogP contribution in [0.5, 0.6) is 0 Å². The maximum atomic E-state index is 11.7. The maximum Gasteiger partial charge on any atom is 0.219 e.